The molecule has 21 heavy (non-hydrogen) atoms. The molecule has 0 aliphatic carbocycles. The first-order valence-electron chi connectivity index (χ1n) is 7.06. The number of aliphatic hydroxyl groups is 2. The van der Waals surface area contributed by atoms with E-state index in [2.05, 4.69) is 5.92 Å². The Bertz CT molecular complexity index is 417. The van der Waals surface area contributed by atoms with Crippen LogP contribution < -0.4 is 0 Å². The fourth-order valence-electron chi connectivity index (χ4n) is 3.33. The van der Waals surface area contributed by atoms with Crippen molar-refractivity contribution in [3.05, 3.63) is 0 Å². The number of terminal acetylenes is 1. The van der Waals surface area contributed by atoms with Gasteiger partial charge < -0.3 is 29.2 Å². The Morgan fingerprint density at radius 3 is 2.52 bits per heavy atom. The van der Waals surface area contributed by atoms with E-state index in [4.69, 9.17) is 25.4 Å². The maximum absolute atomic E-state index is 10.1. The van der Waals surface area contributed by atoms with E-state index in [9.17, 15) is 10.2 Å². The Kier molecular flexibility index (Phi) is 4.64. The standard InChI is InChI=1S/C15H24O6/c1-6-7-10(18-5)15(4)11(9(17)8-16)19-13-12(15)20-14(2,3)21-13/h1,9-13,16-17H,7-8H2,2-5H3/t9-,10+,11-,12+,13-,15-/m1/s1. The Balaban J connectivity index is 2.36. The molecule has 0 radical (unpaired) electrons. The van der Waals surface area contributed by atoms with Crippen molar-refractivity contribution >= 4 is 0 Å². The summed E-state index contributed by atoms with van der Waals surface area (Å²) in [5, 5.41) is 19.4. The second kappa shape index (κ2) is 5.84. The summed E-state index contributed by atoms with van der Waals surface area (Å²) in [5.41, 5.74) is -0.734. The first kappa shape index (κ1) is 16.7. The zero-order chi connectivity index (χ0) is 15.8. The topological polar surface area (TPSA) is 77.4 Å². The fourth-order valence-corrected chi connectivity index (χ4v) is 3.33. The molecular weight excluding hydrogens is 276 g/mol. The Labute approximate surface area is 125 Å². The minimum absolute atomic E-state index is 0.345. The minimum Gasteiger partial charge on any atom is -0.394 e. The molecule has 120 valence electrons. The SMILES string of the molecule is C#CC[C@H](OC)[C@]1(C)[C@@H]([C@H](O)CO)O[C@@H]2OC(C)(C)O[C@@H]21. The van der Waals surface area contributed by atoms with Gasteiger partial charge in [0.2, 0.25) is 0 Å². The molecular formula is C15H24O6. The van der Waals surface area contributed by atoms with Crippen molar-refractivity contribution in [1.29, 1.82) is 0 Å². The van der Waals surface area contributed by atoms with E-state index in [0.717, 1.165) is 0 Å². The average molecular weight is 300 g/mol. The maximum Gasteiger partial charge on any atom is 0.188 e. The summed E-state index contributed by atoms with van der Waals surface area (Å²) in [5.74, 6) is 1.80. The predicted octanol–water partition coefficient (Wildman–Crippen LogP) is 0.261. The highest BCUT2D eigenvalue weighted by atomic mass is 16.8. The molecule has 2 fully saturated rings. The Morgan fingerprint density at radius 2 is 2.00 bits per heavy atom. The summed E-state index contributed by atoms with van der Waals surface area (Å²) in [6, 6.07) is 0. The van der Waals surface area contributed by atoms with Crippen LogP contribution in [-0.4, -0.2) is 60.4 Å². The number of aliphatic hydroxyl groups excluding tert-OH is 2. The van der Waals surface area contributed by atoms with Crippen molar-refractivity contribution < 1.29 is 29.2 Å². The highest BCUT2D eigenvalue weighted by molar-refractivity contribution is 5.09. The van der Waals surface area contributed by atoms with Gasteiger partial charge in [-0.05, 0) is 13.8 Å². The zero-order valence-corrected chi connectivity index (χ0v) is 12.9. The van der Waals surface area contributed by atoms with Gasteiger partial charge in [0.25, 0.3) is 0 Å². The molecule has 2 aliphatic rings. The van der Waals surface area contributed by atoms with Crippen LogP contribution in [-0.2, 0) is 18.9 Å². The average Bonchev–Trinajstić information content (AvgIpc) is 2.87. The van der Waals surface area contributed by atoms with Gasteiger partial charge in [-0.3, -0.25) is 0 Å². The summed E-state index contributed by atoms with van der Waals surface area (Å²) in [6.07, 6.45) is 2.57. The van der Waals surface area contributed by atoms with E-state index in [-0.39, 0.29) is 6.10 Å². The van der Waals surface area contributed by atoms with Crippen LogP contribution in [0.3, 0.4) is 0 Å². The molecule has 2 saturated heterocycles. The molecule has 2 heterocycles. The summed E-state index contributed by atoms with van der Waals surface area (Å²) in [4.78, 5) is 0. The zero-order valence-electron chi connectivity index (χ0n) is 12.9. The lowest BCUT2D eigenvalue weighted by molar-refractivity contribution is -0.240. The molecule has 0 aromatic carbocycles. The van der Waals surface area contributed by atoms with E-state index in [1.54, 1.807) is 21.0 Å². The van der Waals surface area contributed by atoms with Crippen LogP contribution in [0, 0.1) is 17.8 Å². The first-order chi connectivity index (χ1) is 9.80. The molecule has 2 rings (SSSR count). The third kappa shape index (κ3) is 2.70. The lowest BCUT2D eigenvalue weighted by Crippen LogP contribution is -2.53. The van der Waals surface area contributed by atoms with Crippen LogP contribution in [0.4, 0.5) is 0 Å². The van der Waals surface area contributed by atoms with Crippen LogP contribution in [0.1, 0.15) is 27.2 Å². The lowest BCUT2D eigenvalue weighted by Gasteiger charge is -2.41. The van der Waals surface area contributed by atoms with Gasteiger partial charge in [0.1, 0.15) is 12.2 Å². The number of methoxy groups -OCH3 is 1. The monoisotopic (exact) mass is 300 g/mol. The molecule has 0 aromatic rings. The van der Waals surface area contributed by atoms with E-state index in [1.807, 2.05) is 6.92 Å². The molecule has 0 unspecified atom stereocenters. The van der Waals surface area contributed by atoms with Gasteiger partial charge in [0, 0.05) is 13.5 Å². The summed E-state index contributed by atoms with van der Waals surface area (Å²) in [7, 11) is 1.56. The van der Waals surface area contributed by atoms with E-state index in [0.29, 0.717) is 6.42 Å². The normalized spacial score (nSPS) is 40.5. The highest BCUT2D eigenvalue weighted by Gasteiger charge is 2.65. The molecule has 6 nitrogen and oxygen atoms in total. The van der Waals surface area contributed by atoms with Gasteiger partial charge in [-0.1, -0.05) is 6.92 Å². The number of hydrogen-bond donors (Lipinski definition) is 2. The van der Waals surface area contributed by atoms with Gasteiger partial charge >= 0.3 is 0 Å². The molecule has 6 heteroatoms. The van der Waals surface area contributed by atoms with Crippen LogP contribution in [0.5, 0.6) is 0 Å². The van der Waals surface area contributed by atoms with Crippen molar-refractivity contribution in [3.8, 4) is 12.3 Å². The predicted molar refractivity (Wildman–Crippen MR) is 74.1 cm³/mol. The quantitative estimate of drug-likeness (QED) is 0.709. The molecule has 0 bridgehead atoms. The first-order valence-corrected chi connectivity index (χ1v) is 7.06. The van der Waals surface area contributed by atoms with E-state index in [1.165, 1.54) is 0 Å². The molecule has 6 atom stereocenters. The van der Waals surface area contributed by atoms with E-state index >= 15 is 0 Å². The molecule has 0 aromatic heterocycles. The molecule has 2 aliphatic heterocycles. The van der Waals surface area contributed by atoms with Crippen molar-refractivity contribution in [2.45, 2.75) is 63.7 Å². The number of rotatable bonds is 5. The minimum atomic E-state index is -1.06. The summed E-state index contributed by atoms with van der Waals surface area (Å²) in [6.45, 7) is 5.07. The van der Waals surface area contributed by atoms with Crippen LogP contribution in [0.25, 0.3) is 0 Å². The number of hydrogen-bond acceptors (Lipinski definition) is 6. The Hall–Kier alpha value is -0.680. The van der Waals surface area contributed by atoms with Crippen molar-refractivity contribution in [3.63, 3.8) is 0 Å². The van der Waals surface area contributed by atoms with E-state index < -0.39 is 42.4 Å². The van der Waals surface area contributed by atoms with Crippen molar-refractivity contribution in [2.75, 3.05) is 13.7 Å². The molecule has 2 N–H and O–H groups in total. The Morgan fingerprint density at radius 1 is 1.33 bits per heavy atom. The van der Waals surface area contributed by atoms with Crippen LogP contribution in [0.15, 0.2) is 0 Å². The van der Waals surface area contributed by atoms with Crippen LogP contribution >= 0.6 is 0 Å². The maximum atomic E-state index is 10.1. The van der Waals surface area contributed by atoms with Gasteiger partial charge in [-0.15, -0.1) is 12.3 Å². The van der Waals surface area contributed by atoms with Gasteiger partial charge in [-0.2, -0.15) is 0 Å². The second-order valence-electron chi connectivity index (χ2n) is 6.23. The van der Waals surface area contributed by atoms with Crippen molar-refractivity contribution in [2.24, 2.45) is 5.41 Å². The van der Waals surface area contributed by atoms with Gasteiger partial charge in [0.05, 0.1) is 24.2 Å². The highest BCUT2D eigenvalue weighted by Crippen LogP contribution is 2.51. The second-order valence-corrected chi connectivity index (χ2v) is 6.23. The van der Waals surface area contributed by atoms with Crippen LogP contribution in [0.2, 0.25) is 0 Å². The van der Waals surface area contributed by atoms with Gasteiger partial charge in [0.15, 0.2) is 12.1 Å². The third-order valence-electron chi connectivity index (χ3n) is 4.38. The molecule has 0 amide bonds. The lowest BCUT2D eigenvalue weighted by atomic mass is 9.72. The fraction of sp³-hybridized carbons (Fsp3) is 0.867. The summed E-state index contributed by atoms with van der Waals surface area (Å²) < 4.78 is 23.0. The molecule has 0 spiro atoms. The molecule has 0 saturated carbocycles. The number of ether oxygens (including phenoxy) is 4. The largest absolute Gasteiger partial charge is 0.394 e. The summed E-state index contributed by atoms with van der Waals surface area (Å²) >= 11 is 0. The van der Waals surface area contributed by atoms with Crippen molar-refractivity contribution in [1.82, 2.24) is 0 Å². The smallest absolute Gasteiger partial charge is 0.188 e. The number of fused-ring (bicyclic) bond motifs is 1. The third-order valence-corrected chi connectivity index (χ3v) is 4.38. The van der Waals surface area contributed by atoms with Gasteiger partial charge in [-0.25, -0.2) is 0 Å².